The highest BCUT2D eigenvalue weighted by Crippen LogP contribution is 2.40. The number of aliphatic hydroxyl groups excluding tert-OH is 1. The fourth-order valence-corrected chi connectivity index (χ4v) is 4.07. The monoisotopic (exact) mass is 469 g/mol. The summed E-state index contributed by atoms with van der Waals surface area (Å²) in [4.78, 5) is 15.1. The van der Waals surface area contributed by atoms with Gasteiger partial charge in [0.15, 0.2) is 0 Å². The summed E-state index contributed by atoms with van der Waals surface area (Å²) in [6.07, 6.45) is 2.57. The molecular formula is C30H31NO4. The van der Waals surface area contributed by atoms with Gasteiger partial charge in [0.1, 0.15) is 11.4 Å². The Kier molecular flexibility index (Phi) is 7.08. The molecule has 1 amide bonds. The van der Waals surface area contributed by atoms with Crippen molar-refractivity contribution in [2.45, 2.75) is 32.5 Å². The third kappa shape index (κ3) is 5.64. The molecule has 5 heteroatoms. The maximum atomic E-state index is 13.5. The lowest BCUT2D eigenvalue weighted by Gasteiger charge is -2.35. The second kappa shape index (κ2) is 10.2. The average molecular weight is 470 g/mol. The number of methoxy groups -OCH3 is 1. The van der Waals surface area contributed by atoms with E-state index >= 15 is 0 Å². The van der Waals surface area contributed by atoms with E-state index in [0.717, 1.165) is 22.4 Å². The van der Waals surface area contributed by atoms with Crippen LogP contribution < -0.4 is 4.74 Å². The van der Waals surface area contributed by atoms with E-state index in [0.29, 0.717) is 11.4 Å². The van der Waals surface area contributed by atoms with E-state index in [1.165, 1.54) is 0 Å². The van der Waals surface area contributed by atoms with Gasteiger partial charge < -0.3 is 14.6 Å². The Bertz CT molecular complexity index is 1150. The number of aliphatic hydroxyl groups is 1. The molecule has 1 unspecified atom stereocenters. The molecule has 0 radical (unpaired) electrons. The zero-order valence-electron chi connectivity index (χ0n) is 20.5. The standard InChI is InChI=1S/C30H31NO4/c1-30(2,3)35-29(33)31-26(21-11-7-5-8-12-21)19-24(20-27(31)22-13-9-6-10-14-22)28(32)23-15-17-25(34-4)18-16-23/h5-20,24,28,32H,1-4H3. The normalized spacial score (nSPS) is 15.2. The number of hydrogen-bond donors (Lipinski definition) is 1. The molecule has 1 aliphatic rings. The Labute approximate surface area is 206 Å². The van der Waals surface area contributed by atoms with Crippen molar-refractivity contribution in [3.63, 3.8) is 0 Å². The van der Waals surface area contributed by atoms with Crippen LogP contribution in [-0.2, 0) is 4.74 Å². The third-order valence-electron chi connectivity index (χ3n) is 5.72. The number of hydrogen-bond acceptors (Lipinski definition) is 4. The lowest BCUT2D eigenvalue weighted by atomic mass is 9.88. The van der Waals surface area contributed by atoms with Crippen molar-refractivity contribution >= 4 is 17.5 Å². The number of nitrogens with zero attached hydrogens (tertiary/aromatic N) is 1. The van der Waals surface area contributed by atoms with Crippen LogP contribution in [0.4, 0.5) is 4.79 Å². The van der Waals surface area contributed by atoms with E-state index in [2.05, 4.69) is 0 Å². The van der Waals surface area contributed by atoms with Gasteiger partial charge in [0.2, 0.25) is 0 Å². The van der Waals surface area contributed by atoms with E-state index in [1.54, 1.807) is 12.0 Å². The Morgan fingerprint density at radius 3 is 1.74 bits per heavy atom. The van der Waals surface area contributed by atoms with Gasteiger partial charge in [0.05, 0.1) is 24.6 Å². The van der Waals surface area contributed by atoms with Crippen LogP contribution in [-0.4, -0.2) is 28.8 Å². The first kappa shape index (κ1) is 24.3. The molecule has 3 aromatic rings. The lowest BCUT2D eigenvalue weighted by molar-refractivity contribution is 0.0421. The van der Waals surface area contributed by atoms with E-state index in [-0.39, 0.29) is 5.92 Å². The maximum Gasteiger partial charge on any atom is 0.419 e. The average Bonchev–Trinajstić information content (AvgIpc) is 2.87. The first-order valence-corrected chi connectivity index (χ1v) is 11.7. The van der Waals surface area contributed by atoms with Crippen molar-refractivity contribution in [2.75, 3.05) is 7.11 Å². The molecule has 0 aliphatic carbocycles. The molecule has 180 valence electrons. The summed E-state index contributed by atoms with van der Waals surface area (Å²) in [5.74, 6) is 0.342. The number of rotatable bonds is 5. The van der Waals surface area contributed by atoms with Crippen LogP contribution in [0.1, 0.15) is 43.6 Å². The quantitative estimate of drug-likeness (QED) is 0.453. The molecule has 0 fully saturated rings. The Balaban J connectivity index is 1.85. The van der Waals surface area contributed by atoms with Crippen LogP contribution in [0.2, 0.25) is 0 Å². The minimum atomic E-state index is -0.820. The molecule has 1 N–H and O–H groups in total. The van der Waals surface area contributed by atoms with E-state index < -0.39 is 17.8 Å². The Morgan fingerprint density at radius 1 is 0.829 bits per heavy atom. The first-order chi connectivity index (χ1) is 16.8. The van der Waals surface area contributed by atoms with Crippen LogP contribution in [0, 0.1) is 5.92 Å². The highest BCUT2D eigenvalue weighted by molar-refractivity contribution is 5.95. The molecule has 0 spiro atoms. The molecule has 5 nitrogen and oxygen atoms in total. The minimum Gasteiger partial charge on any atom is -0.497 e. The van der Waals surface area contributed by atoms with E-state index in [9.17, 15) is 9.90 Å². The number of amides is 1. The minimum absolute atomic E-state index is 0.382. The highest BCUT2D eigenvalue weighted by atomic mass is 16.6. The van der Waals surface area contributed by atoms with Crippen LogP contribution >= 0.6 is 0 Å². The van der Waals surface area contributed by atoms with Gasteiger partial charge in [-0.2, -0.15) is 0 Å². The van der Waals surface area contributed by atoms with Crippen molar-refractivity contribution in [3.8, 4) is 5.75 Å². The molecule has 35 heavy (non-hydrogen) atoms. The molecular weight excluding hydrogens is 438 g/mol. The fourth-order valence-electron chi connectivity index (χ4n) is 4.07. The molecule has 0 bridgehead atoms. The van der Waals surface area contributed by atoms with Crippen molar-refractivity contribution in [3.05, 3.63) is 114 Å². The van der Waals surface area contributed by atoms with E-state index in [4.69, 9.17) is 9.47 Å². The lowest BCUT2D eigenvalue weighted by Crippen LogP contribution is -2.37. The zero-order chi connectivity index (χ0) is 25.0. The van der Waals surface area contributed by atoms with Crippen LogP contribution in [0.3, 0.4) is 0 Å². The smallest absolute Gasteiger partial charge is 0.419 e. The van der Waals surface area contributed by atoms with Gasteiger partial charge in [0.25, 0.3) is 0 Å². The predicted molar refractivity (Wildman–Crippen MR) is 138 cm³/mol. The number of ether oxygens (including phenoxy) is 2. The number of carbonyl (C=O) groups is 1. The van der Waals surface area contributed by atoms with Gasteiger partial charge in [-0.25, -0.2) is 9.69 Å². The van der Waals surface area contributed by atoms with Crippen LogP contribution in [0.15, 0.2) is 97.1 Å². The topological polar surface area (TPSA) is 59.0 Å². The largest absolute Gasteiger partial charge is 0.497 e. The van der Waals surface area contributed by atoms with Crippen molar-refractivity contribution in [1.29, 1.82) is 0 Å². The Hall–Kier alpha value is -3.83. The second-order valence-corrected chi connectivity index (χ2v) is 9.45. The van der Waals surface area contributed by atoms with Gasteiger partial charge in [-0.05, 0) is 61.7 Å². The molecule has 0 aromatic heterocycles. The van der Waals surface area contributed by atoms with Gasteiger partial charge >= 0.3 is 6.09 Å². The highest BCUT2D eigenvalue weighted by Gasteiger charge is 2.34. The Morgan fingerprint density at radius 2 is 1.31 bits per heavy atom. The summed E-state index contributed by atoms with van der Waals surface area (Å²) >= 11 is 0. The van der Waals surface area contributed by atoms with Gasteiger partial charge in [-0.15, -0.1) is 0 Å². The number of carbonyl (C=O) groups excluding carboxylic acids is 1. The predicted octanol–water partition coefficient (Wildman–Crippen LogP) is 6.68. The first-order valence-electron chi connectivity index (χ1n) is 11.7. The molecule has 0 saturated carbocycles. The molecule has 1 atom stereocenters. The third-order valence-corrected chi connectivity index (χ3v) is 5.72. The molecule has 0 saturated heterocycles. The van der Waals surface area contributed by atoms with Crippen LogP contribution in [0.5, 0.6) is 5.75 Å². The SMILES string of the molecule is COc1ccc(C(O)C2C=C(c3ccccc3)N(C(=O)OC(C)(C)C)C(c3ccccc3)=C2)cc1. The van der Waals surface area contributed by atoms with Gasteiger partial charge in [0, 0.05) is 5.92 Å². The molecule has 1 aliphatic heterocycles. The van der Waals surface area contributed by atoms with Crippen LogP contribution in [0.25, 0.3) is 11.4 Å². The zero-order valence-corrected chi connectivity index (χ0v) is 20.5. The van der Waals surface area contributed by atoms with Crippen molar-refractivity contribution < 1.29 is 19.4 Å². The number of benzene rings is 3. The second-order valence-electron chi connectivity index (χ2n) is 9.45. The van der Waals surface area contributed by atoms with Crippen molar-refractivity contribution in [1.82, 2.24) is 4.90 Å². The van der Waals surface area contributed by atoms with Gasteiger partial charge in [-0.1, -0.05) is 72.8 Å². The van der Waals surface area contributed by atoms with Crippen molar-refractivity contribution in [2.24, 2.45) is 5.92 Å². The summed E-state index contributed by atoms with van der Waals surface area (Å²) in [5.41, 5.74) is 3.13. The summed E-state index contributed by atoms with van der Waals surface area (Å²) < 4.78 is 11.1. The van der Waals surface area contributed by atoms with Gasteiger partial charge in [-0.3, -0.25) is 0 Å². The summed E-state index contributed by atoms with van der Waals surface area (Å²) in [6.45, 7) is 5.55. The summed E-state index contributed by atoms with van der Waals surface area (Å²) in [5, 5.41) is 11.4. The molecule has 1 heterocycles. The molecule has 3 aromatic carbocycles. The molecule has 4 rings (SSSR count). The maximum absolute atomic E-state index is 13.5. The van der Waals surface area contributed by atoms with E-state index in [1.807, 2.05) is 118 Å². The summed E-state index contributed by atoms with van der Waals surface area (Å²) in [7, 11) is 1.61. The fraction of sp³-hybridized carbons (Fsp3) is 0.233. The summed E-state index contributed by atoms with van der Waals surface area (Å²) in [6, 6.07) is 26.8.